The molecule has 4 nitrogen and oxygen atoms in total. The molecule has 0 N–H and O–H groups in total. The molecule has 6 rings (SSSR count). The molecule has 0 aliphatic carbocycles. The maximum Gasteiger partial charge on any atom is 0.251 e. The number of para-hydroxylation sites is 1. The second-order valence-corrected chi connectivity index (χ2v) is 8.45. The maximum absolute atomic E-state index is 13.4. The van der Waals surface area contributed by atoms with Crippen LogP contribution < -0.4 is 4.74 Å². The van der Waals surface area contributed by atoms with E-state index < -0.39 is 6.23 Å². The molecule has 0 aromatic heterocycles. The number of hydrogen-bond acceptors (Lipinski definition) is 4. The zero-order chi connectivity index (χ0) is 21.7. The quantitative estimate of drug-likeness (QED) is 0.389. The molecular weight excluding hydrogens is 396 g/mol. The van der Waals surface area contributed by atoms with Crippen LogP contribution in [0.5, 0.6) is 5.75 Å². The van der Waals surface area contributed by atoms with Crippen molar-refractivity contribution in [1.82, 2.24) is 5.01 Å². The van der Waals surface area contributed by atoms with E-state index in [-0.39, 0.29) is 11.8 Å². The standard InChI is InChI=1S/C28H22N2O2/c1-18-10-12-20(13-11-18)27(31)28-30-25(23-8-4-5-9-26(23)32-28)17-24(29-30)22-15-14-19-6-2-3-7-21(19)16-22/h2-16,25,28H,17H2,1H3/t25-,28+/m0/s1. The summed E-state index contributed by atoms with van der Waals surface area (Å²) in [5.41, 5.74) is 4.88. The normalized spacial score (nSPS) is 19.2. The Kier molecular flexibility index (Phi) is 4.32. The van der Waals surface area contributed by atoms with Crippen LogP contribution in [0, 0.1) is 6.92 Å². The van der Waals surface area contributed by atoms with Crippen LogP contribution in [-0.2, 0) is 0 Å². The average molecular weight is 418 g/mol. The molecule has 0 saturated carbocycles. The van der Waals surface area contributed by atoms with Gasteiger partial charge in [0.2, 0.25) is 5.78 Å². The summed E-state index contributed by atoms with van der Waals surface area (Å²) in [4.78, 5) is 13.4. The molecule has 0 unspecified atom stereocenters. The third-order valence-electron chi connectivity index (χ3n) is 6.34. The first kappa shape index (κ1) is 18.8. The van der Waals surface area contributed by atoms with Crippen LogP contribution in [0.25, 0.3) is 10.8 Å². The van der Waals surface area contributed by atoms with E-state index in [4.69, 9.17) is 9.84 Å². The Morgan fingerprint density at radius 2 is 1.66 bits per heavy atom. The van der Waals surface area contributed by atoms with Gasteiger partial charge < -0.3 is 4.74 Å². The number of ether oxygens (including phenoxy) is 1. The molecule has 32 heavy (non-hydrogen) atoms. The Hall–Kier alpha value is -3.92. The summed E-state index contributed by atoms with van der Waals surface area (Å²) in [6, 6.07) is 30.3. The van der Waals surface area contributed by atoms with Gasteiger partial charge in [-0.1, -0.05) is 84.4 Å². The molecule has 0 spiro atoms. The van der Waals surface area contributed by atoms with Gasteiger partial charge in [0.15, 0.2) is 0 Å². The van der Waals surface area contributed by atoms with Crippen LogP contribution in [0.1, 0.15) is 39.5 Å². The Morgan fingerprint density at radius 1 is 0.906 bits per heavy atom. The van der Waals surface area contributed by atoms with Crippen LogP contribution in [0.15, 0.2) is 96.1 Å². The van der Waals surface area contributed by atoms with E-state index >= 15 is 0 Å². The lowest BCUT2D eigenvalue weighted by atomic mass is 9.95. The molecule has 0 bridgehead atoms. The number of fused-ring (bicyclic) bond motifs is 4. The summed E-state index contributed by atoms with van der Waals surface area (Å²) >= 11 is 0. The number of Topliss-reactive ketones (excluding diaryl/α,β-unsaturated/α-hetero) is 1. The highest BCUT2D eigenvalue weighted by Crippen LogP contribution is 2.43. The van der Waals surface area contributed by atoms with Crippen LogP contribution >= 0.6 is 0 Å². The minimum absolute atomic E-state index is 0.0270. The first-order chi connectivity index (χ1) is 15.7. The lowest BCUT2D eigenvalue weighted by molar-refractivity contribution is -0.00455. The predicted octanol–water partition coefficient (Wildman–Crippen LogP) is 5.90. The Morgan fingerprint density at radius 3 is 2.50 bits per heavy atom. The molecule has 2 aliphatic rings. The number of hydrazone groups is 1. The number of carbonyl (C=O) groups excluding carboxylic acids is 1. The van der Waals surface area contributed by atoms with Crippen molar-refractivity contribution in [3.63, 3.8) is 0 Å². The third kappa shape index (κ3) is 3.07. The Labute approximate surface area is 186 Å². The van der Waals surface area contributed by atoms with E-state index in [0.717, 1.165) is 34.6 Å². The topological polar surface area (TPSA) is 41.9 Å². The second kappa shape index (κ2) is 7.34. The van der Waals surface area contributed by atoms with Gasteiger partial charge in [-0.2, -0.15) is 5.10 Å². The molecule has 0 saturated heterocycles. The van der Waals surface area contributed by atoms with Gasteiger partial charge >= 0.3 is 0 Å². The van der Waals surface area contributed by atoms with Crippen molar-refractivity contribution in [1.29, 1.82) is 0 Å². The van der Waals surface area contributed by atoms with Gasteiger partial charge in [-0.15, -0.1) is 0 Å². The second-order valence-electron chi connectivity index (χ2n) is 8.45. The van der Waals surface area contributed by atoms with Crippen molar-refractivity contribution in [3.05, 3.63) is 113 Å². The number of nitrogens with zero attached hydrogens (tertiary/aromatic N) is 2. The number of aryl methyl sites for hydroxylation is 1. The van der Waals surface area contributed by atoms with Gasteiger partial charge in [0, 0.05) is 17.5 Å². The molecule has 4 aromatic rings. The first-order valence-electron chi connectivity index (χ1n) is 10.9. The smallest absolute Gasteiger partial charge is 0.251 e. The van der Waals surface area contributed by atoms with Gasteiger partial charge in [-0.05, 0) is 35.4 Å². The highest BCUT2D eigenvalue weighted by molar-refractivity contribution is 6.05. The van der Waals surface area contributed by atoms with Crippen molar-refractivity contribution in [2.75, 3.05) is 0 Å². The maximum atomic E-state index is 13.4. The molecular formula is C28H22N2O2. The van der Waals surface area contributed by atoms with Crippen molar-refractivity contribution >= 4 is 22.3 Å². The van der Waals surface area contributed by atoms with Gasteiger partial charge in [0.05, 0.1) is 11.8 Å². The van der Waals surface area contributed by atoms with Crippen LogP contribution in [-0.4, -0.2) is 22.7 Å². The van der Waals surface area contributed by atoms with Crippen molar-refractivity contribution in [3.8, 4) is 5.75 Å². The fourth-order valence-corrected chi connectivity index (χ4v) is 4.61. The van der Waals surface area contributed by atoms with E-state index in [1.165, 1.54) is 10.8 Å². The number of benzene rings is 4. The van der Waals surface area contributed by atoms with Crippen molar-refractivity contribution < 1.29 is 9.53 Å². The number of rotatable bonds is 3. The monoisotopic (exact) mass is 418 g/mol. The minimum Gasteiger partial charge on any atom is -0.461 e. The number of hydrogen-bond donors (Lipinski definition) is 0. The third-order valence-corrected chi connectivity index (χ3v) is 6.34. The summed E-state index contributed by atoms with van der Waals surface area (Å²) in [5, 5.41) is 9.18. The van der Waals surface area contributed by atoms with E-state index in [9.17, 15) is 4.79 Å². The summed E-state index contributed by atoms with van der Waals surface area (Å²) < 4.78 is 6.22. The fourth-order valence-electron chi connectivity index (χ4n) is 4.61. The van der Waals surface area contributed by atoms with Crippen LogP contribution in [0.2, 0.25) is 0 Å². The zero-order valence-electron chi connectivity index (χ0n) is 17.7. The number of ketones is 1. The molecule has 0 amide bonds. The minimum atomic E-state index is -0.782. The van der Waals surface area contributed by atoms with Crippen molar-refractivity contribution in [2.45, 2.75) is 25.6 Å². The molecule has 0 radical (unpaired) electrons. The Balaban J connectivity index is 1.42. The summed E-state index contributed by atoms with van der Waals surface area (Å²) in [6.07, 6.45) is -0.0494. The van der Waals surface area contributed by atoms with E-state index in [1.807, 2.05) is 66.5 Å². The lowest BCUT2D eigenvalue weighted by Crippen LogP contribution is -2.45. The molecule has 4 heteroatoms. The van der Waals surface area contributed by atoms with Crippen LogP contribution in [0.3, 0.4) is 0 Å². The molecule has 0 fully saturated rings. The van der Waals surface area contributed by atoms with Gasteiger partial charge in [-0.25, -0.2) is 5.01 Å². The highest BCUT2D eigenvalue weighted by Gasteiger charge is 2.43. The summed E-state index contributed by atoms with van der Waals surface area (Å²) in [7, 11) is 0. The van der Waals surface area contributed by atoms with E-state index in [0.29, 0.717) is 5.56 Å². The molecule has 2 heterocycles. The average Bonchev–Trinajstić information content (AvgIpc) is 3.29. The van der Waals surface area contributed by atoms with E-state index in [1.54, 1.807) is 0 Å². The van der Waals surface area contributed by atoms with Crippen LogP contribution in [0.4, 0.5) is 0 Å². The number of carbonyl (C=O) groups is 1. The largest absolute Gasteiger partial charge is 0.461 e. The molecule has 2 aliphatic heterocycles. The first-order valence-corrected chi connectivity index (χ1v) is 10.9. The zero-order valence-corrected chi connectivity index (χ0v) is 17.7. The molecule has 4 aromatic carbocycles. The van der Waals surface area contributed by atoms with Gasteiger partial charge in [-0.3, -0.25) is 4.79 Å². The highest BCUT2D eigenvalue weighted by atomic mass is 16.5. The molecule has 156 valence electrons. The fraction of sp³-hybridized carbons (Fsp3) is 0.143. The van der Waals surface area contributed by atoms with Gasteiger partial charge in [0.25, 0.3) is 6.23 Å². The molecule has 2 atom stereocenters. The summed E-state index contributed by atoms with van der Waals surface area (Å²) in [6.45, 7) is 2.01. The SMILES string of the molecule is Cc1ccc(C(=O)[C@H]2Oc3ccccc3[C@@H]3CC(c4ccc5ccccc5c4)=NN23)cc1. The predicted molar refractivity (Wildman–Crippen MR) is 126 cm³/mol. The lowest BCUT2D eigenvalue weighted by Gasteiger charge is -2.37. The van der Waals surface area contributed by atoms with Crippen molar-refractivity contribution in [2.24, 2.45) is 5.10 Å². The van der Waals surface area contributed by atoms with E-state index in [2.05, 4.69) is 36.4 Å². The summed E-state index contributed by atoms with van der Waals surface area (Å²) in [5.74, 6) is 0.683. The Bertz CT molecular complexity index is 1370. The van der Waals surface area contributed by atoms with Gasteiger partial charge in [0.1, 0.15) is 5.75 Å².